The molecule has 0 saturated heterocycles. The quantitative estimate of drug-likeness (QED) is 0.168. The molecule has 0 unspecified atom stereocenters. The summed E-state index contributed by atoms with van der Waals surface area (Å²) in [6, 6.07) is 57.8. The van der Waals surface area contributed by atoms with Gasteiger partial charge in [0.25, 0.3) is 0 Å². The number of fused-ring (bicyclic) bond motifs is 11. The van der Waals surface area contributed by atoms with Gasteiger partial charge >= 0.3 is 0 Å². The van der Waals surface area contributed by atoms with Crippen molar-refractivity contribution in [1.29, 1.82) is 10.5 Å². The molecule has 10 aromatic carbocycles. The molecule has 0 bridgehead atoms. The molecule has 0 aliphatic heterocycles. The summed E-state index contributed by atoms with van der Waals surface area (Å²) in [5.74, 6) is 0. The van der Waals surface area contributed by atoms with Gasteiger partial charge in [0.05, 0.1) is 23.3 Å². The number of aryl methyl sites for hydroxylation is 2. The third kappa shape index (κ3) is 4.03. The summed E-state index contributed by atoms with van der Waals surface area (Å²) in [6.07, 6.45) is 0. The first kappa shape index (κ1) is 30.9. The van der Waals surface area contributed by atoms with Crippen LogP contribution in [0.25, 0.3) is 121 Å². The van der Waals surface area contributed by atoms with Crippen molar-refractivity contribution in [2.45, 2.75) is 13.8 Å². The summed E-state index contributed by atoms with van der Waals surface area (Å²) in [4.78, 5) is 0. The van der Waals surface area contributed by atoms with Crippen molar-refractivity contribution in [3.05, 3.63) is 168 Å². The van der Waals surface area contributed by atoms with Gasteiger partial charge in [0.15, 0.2) is 0 Å². The van der Waals surface area contributed by atoms with Gasteiger partial charge in [-0.05, 0) is 206 Å². The lowest BCUT2D eigenvalue weighted by Gasteiger charge is -2.20. The third-order valence-electron chi connectivity index (χ3n) is 12.6. The Hall–Kier alpha value is -7.52. The van der Waals surface area contributed by atoms with Gasteiger partial charge in [-0.3, -0.25) is 0 Å². The van der Waals surface area contributed by atoms with Crippen molar-refractivity contribution in [3.8, 4) is 78.9 Å². The summed E-state index contributed by atoms with van der Waals surface area (Å²) in [7, 11) is 0. The maximum atomic E-state index is 10.1. The summed E-state index contributed by atoms with van der Waals surface area (Å²) < 4.78 is 0. The fourth-order valence-electron chi connectivity index (χ4n) is 10.0. The van der Waals surface area contributed by atoms with Crippen molar-refractivity contribution in [1.82, 2.24) is 0 Å². The van der Waals surface area contributed by atoms with Gasteiger partial charge in [0, 0.05) is 0 Å². The van der Waals surface area contributed by atoms with E-state index in [0.717, 1.165) is 44.2 Å². The van der Waals surface area contributed by atoms with Crippen molar-refractivity contribution in [2.24, 2.45) is 0 Å². The minimum absolute atomic E-state index is 0.647. The van der Waals surface area contributed by atoms with Crippen LogP contribution in [0, 0.1) is 36.5 Å². The minimum atomic E-state index is 0.647. The molecule has 0 spiro atoms. The Morgan fingerprint density at radius 2 is 0.625 bits per heavy atom. The molecule has 0 N–H and O–H groups in total. The lowest BCUT2D eigenvalue weighted by Crippen LogP contribution is -1.94. The van der Waals surface area contributed by atoms with E-state index in [-0.39, 0.29) is 0 Å². The van der Waals surface area contributed by atoms with Gasteiger partial charge < -0.3 is 0 Å². The van der Waals surface area contributed by atoms with Gasteiger partial charge in [-0.25, -0.2) is 0 Å². The van der Waals surface area contributed by atoms with E-state index in [2.05, 4.69) is 159 Å². The van der Waals surface area contributed by atoms with Gasteiger partial charge in [-0.1, -0.05) is 84.9 Å². The first-order chi connectivity index (χ1) is 27.5. The Kier molecular flexibility index (Phi) is 6.08. The number of rotatable bonds is 2. The Balaban J connectivity index is 1.30. The van der Waals surface area contributed by atoms with Crippen LogP contribution in [0.5, 0.6) is 0 Å². The second-order valence-electron chi connectivity index (χ2n) is 15.5. The molecule has 2 aliphatic carbocycles. The molecule has 0 aromatic heterocycles. The summed E-state index contributed by atoms with van der Waals surface area (Å²) in [5, 5.41) is 32.3. The maximum Gasteiger partial charge on any atom is 0.0991 e. The van der Waals surface area contributed by atoms with E-state index < -0.39 is 0 Å². The van der Waals surface area contributed by atoms with Crippen molar-refractivity contribution in [3.63, 3.8) is 0 Å². The third-order valence-corrected chi connectivity index (χ3v) is 12.6. The van der Waals surface area contributed by atoms with E-state index in [1.54, 1.807) is 0 Å². The largest absolute Gasteiger partial charge is 0.192 e. The lowest BCUT2D eigenvalue weighted by atomic mass is 9.83. The van der Waals surface area contributed by atoms with Crippen LogP contribution in [0.15, 0.2) is 146 Å². The van der Waals surface area contributed by atoms with Crippen LogP contribution < -0.4 is 0 Å². The number of benzene rings is 10. The number of nitriles is 2. The molecular formula is C54H30N2. The molecule has 0 heterocycles. The second-order valence-corrected chi connectivity index (χ2v) is 15.5. The Morgan fingerprint density at radius 3 is 0.982 bits per heavy atom. The predicted molar refractivity (Wildman–Crippen MR) is 233 cm³/mol. The highest BCUT2D eigenvalue weighted by molar-refractivity contribution is 6.29. The Labute approximate surface area is 323 Å². The van der Waals surface area contributed by atoms with Crippen LogP contribution in [-0.2, 0) is 0 Å². The molecule has 2 aliphatic rings. The van der Waals surface area contributed by atoms with E-state index >= 15 is 0 Å². The van der Waals surface area contributed by atoms with Crippen molar-refractivity contribution in [2.75, 3.05) is 0 Å². The average Bonchev–Trinajstić information content (AvgIpc) is 3.73. The maximum absolute atomic E-state index is 10.1. The smallest absolute Gasteiger partial charge is 0.0991 e. The molecule has 256 valence electrons. The van der Waals surface area contributed by atoms with Crippen molar-refractivity contribution >= 4 is 53.9 Å². The molecule has 0 saturated carbocycles. The SMILES string of the molecule is Cc1ccc(C#N)cc1-c1cc2c3cc4c(cc3c(-c3cc(C#N)ccc3C)cc2c2cc3c(cc12)-c1cccc2cccc-3c12)-c1cccc2cccc-4c12. The number of hydrogen-bond acceptors (Lipinski definition) is 2. The van der Waals surface area contributed by atoms with Crippen LogP contribution in [-0.4, -0.2) is 0 Å². The zero-order chi connectivity index (χ0) is 37.4. The first-order valence-electron chi connectivity index (χ1n) is 19.1. The number of nitrogens with zero attached hydrogens (tertiary/aromatic N) is 2. The van der Waals surface area contributed by atoms with Crippen LogP contribution in [0.2, 0.25) is 0 Å². The molecule has 0 amide bonds. The average molecular weight is 707 g/mol. The monoisotopic (exact) mass is 706 g/mol. The lowest BCUT2D eigenvalue weighted by molar-refractivity contribution is 1.43. The molecule has 0 radical (unpaired) electrons. The zero-order valence-electron chi connectivity index (χ0n) is 30.8. The van der Waals surface area contributed by atoms with Gasteiger partial charge in [-0.15, -0.1) is 0 Å². The van der Waals surface area contributed by atoms with Crippen molar-refractivity contribution < 1.29 is 0 Å². The molecule has 2 nitrogen and oxygen atoms in total. The molecule has 0 atom stereocenters. The van der Waals surface area contributed by atoms with E-state index in [0.29, 0.717) is 11.1 Å². The molecular weight excluding hydrogens is 677 g/mol. The molecule has 10 aromatic rings. The highest BCUT2D eigenvalue weighted by Crippen LogP contribution is 2.54. The van der Waals surface area contributed by atoms with E-state index in [4.69, 9.17) is 0 Å². The Morgan fingerprint density at radius 1 is 0.304 bits per heavy atom. The second kappa shape index (κ2) is 11.0. The van der Waals surface area contributed by atoms with Crippen LogP contribution in [0.3, 0.4) is 0 Å². The fourth-order valence-corrected chi connectivity index (χ4v) is 10.0. The number of hydrogen-bond donors (Lipinski definition) is 0. The van der Waals surface area contributed by atoms with Gasteiger partial charge in [0.2, 0.25) is 0 Å². The summed E-state index contributed by atoms with van der Waals surface area (Å²) >= 11 is 0. The zero-order valence-corrected chi connectivity index (χ0v) is 30.8. The first-order valence-corrected chi connectivity index (χ1v) is 19.1. The van der Waals surface area contributed by atoms with E-state index in [1.807, 2.05) is 12.1 Å². The molecule has 56 heavy (non-hydrogen) atoms. The van der Waals surface area contributed by atoms with Crippen LogP contribution in [0.1, 0.15) is 22.3 Å². The molecule has 2 heteroatoms. The van der Waals surface area contributed by atoms with E-state index in [1.165, 1.54) is 87.6 Å². The summed E-state index contributed by atoms with van der Waals surface area (Å²) in [5.41, 5.74) is 17.9. The van der Waals surface area contributed by atoms with Crippen LogP contribution in [0.4, 0.5) is 0 Å². The molecule has 0 fully saturated rings. The Bertz CT molecular complexity index is 3320. The highest BCUT2D eigenvalue weighted by atomic mass is 14.3. The summed E-state index contributed by atoms with van der Waals surface area (Å²) in [6.45, 7) is 4.29. The normalized spacial score (nSPS) is 12.1. The topological polar surface area (TPSA) is 47.6 Å². The van der Waals surface area contributed by atoms with Gasteiger partial charge in [0.1, 0.15) is 0 Å². The van der Waals surface area contributed by atoms with E-state index in [9.17, 15) is 10.5 Å². The minimum Gasteiger partial charge on any atom is -0.192 e. The standard InChI is InChI=1S/C54H30N2/c1-29-15-17-31(27-55)19-39(29)45-25-51-50-24-44-38-14-6-10-34-8-4-12-36(54(34)38)42(44)22-48(50)46(40-20-32(28-56)18-16-30(40)2)26-52(51)49-23-43-37-13-5-9-33-7-3-11-35(53(33)37)41(43)21-47(45)49/h3-26H,1-2H3. The fraction of sp³-hybridized carbons (Fsp3) is 0.0370. The predicted octanol–water partition coefficient (Wildman–Crippen LogP) is 14.4. The van der Waals surface area contributed by atoms with Crippen LogP contribution >= 0.6 is 0 Å². The van der Waals surface area contributed by atoms with Gasteiger partial charge in [-0.2, -0.15) is 10.5 Å². The highest BCUT2D eigenvalue weighted by Gasteiger charge is 2.27. The molecule has 12 rings (SSSR count).